The maximum Gasteiger partial charge on any atom is 0.416 e. The average Bonchev–Trinajstić information content (AvgIpc) is 3.36. The highest BCUT2D eigenvalue weighted by Crippen LogP contribution is 2.37. The fraction of sp³-hybridized carbons (Fsp3) is 0.500. The molecule has 2 N–H and O–H groups in total. The van der Waals surface area contributed by atoms with Gasteiger partial charge in [0.1, 0.15) is 0 Å². The summed E-state index contributed by atoms with van der Waals surface area (Å²) in [7, 11) is -2.76. The van der Waals surface area contributed by atoms with Gasteiger partial charge in [-0.3, -0.25) is 4.68 Å². The van der Waals surface area contributed by atoms with Gasteiger partial charge in [-0.2, -0.15) is 26.7 Å². The zero-order valence-electron chi connectivity index (χ0n) is 17.9. The minimum atomic E-state index is -4.59. The minimum absolute atomic E-state index is 0.0379. The second-order valence-corrected chi connectivity index (χ2v) is 9.63. The molecule has 2 aliphatic rings. The molecule has 2 heterocycles. The molecule has 33 heavy (non-hydrogen) atoms. The van der Waals surface area contributed by atoms with Crippen molar-refractivity contribution in [3.63, 3.8) is 0 Å². The number of benzene rings is 1. The van der Waals surface area contributed by atoms with E-state index in [9.17, 15) is 26.4 Å². The molecule has 0 bridgehead atoms. The first-order chi connectivity index (χ1) is 15.5. The van der Waals surface area contributed by atoms with Gasteiger partial charge in [0.2, 0.25) is 0 Å². The van der Waals surface area contributed by atoms with Gasteiger partial charge >= 0.3 is 22.4 Å². The van der Waals surface area contributed by atoms with Crippen LogP contribution in [0.1, 0.15) is 36.0 Å². The van der Waals surface area contributed by atoms with E-state index in [-0.39, 0.29) is 11.4 Å². The Balaban J connectivity index is 1.59. The smallest absolute Gasteiger partial charge is 0.381 e. The number of carbonyl (C=O) groups is 1. The van der Waals surface area contributed by atoms with Crippen molar-refractivity contribution in [2.45, 2.75) is 44.3 Å². The zero-order chi connectivity index (χ0) is 23.8. The summed E-state index contributed by atoms with van der Waals surface area (Å²) in [4.78, 5) is 12.7. The number of amides is 2. The predicted octanol–water partition coefficient (Wildman–Crippen LogP) is 2.98. The molecule has 0 radical (unpaired) electrons. The van der Waals surface area contributed by atoms with Crippen molar-refractivity contribution in [1.29, 1.82) is 0 Å². The van der Waals surface area contributed by atoms with Crippen LogP contribution in [-0.2, 0) is 41.0 Å². The first-order valence-corrected chi connectivity index (χ1v) is 11.9. The van der Waals surface area contributed by atoms with Crippen molar-refractivity contribution in [3.05, 3.63) is 41.2 Å². The molecule has 13 heteroatoms. The number of anilines is 2. The summed E-state index contributed by atoms with van der Waals surface area (Å²) in [6.07, 6.45) is 0.738. The van der Waals surface area contributed by atoms with Crippen LogP contribution < -0.4 is 14.3 Å². The van der Waals surface area contributed by atoms with Gasteiger partial charge < -0.3 is 10.1 Å². The van der Waals surface area contributed by atoms with Crippen LogP contribution in [0.15, 0.2) is 24.5 Å². The average molecular weight is 488 g/mol. The SMILES string of the molecule is Cn1cc(N(C2CCOCC2)S(=O)(=O)NC(=O)Nc2cc(C(F)(F)F)cc3c2CCC3)cn1. The van der Waals surface area contributed by atoms with Crippen molar-refractivity contribution in [2.75, 3.05) is 22.8 Å². The number of ether oxygens (including phenoxy) is 1. The molecular weight excluding hydrogens is 463 g/mol. The number of carbonyl (C=O) groups excluding carboxylic acids is 1. The molecule has 1 saturated heterocycles. The number of urea groups is 1. The van der Waals surface area contributed by atoms with Crippen LogP contribution in [0.3, 0.4) is 0 Å². The van der Waals surface area contributed by atoms with Crippen molar-refractivity contribution >= 4 is 27.6 Å². The molecule has 1 aliphatic heterocycles. The number of aromatic nitrogens is 2. The monoisotopic (exact) mass is 487 g/mol. The first kappa shape index (κ1) is 23.4. The molecule has 1 aromatic carbocycles. The van der Waals surface area contributed by atoms with Crippen LogP contribution in [0, 0.1) is 0 Å². The lowest BCUT2D eigenvalue weighted by Crippen LogP contribution is -2.51. The Bertz CT molecular complexity index is 1140. The normalized spacial score (nSPS) is 17.0. The molecular formula is C20H24F3N5O4S. The number of halogens is 3. The van der Waals surface area contributed by atoms with Gasteiger partial charge in [-0.15, -0.1) is 0 Å². The van der Waals surface area contributed by atoms with Crippen LogP contribution in [0.25, 0.3) is 0 Å². The van der Waals surface area contributed by atoms with Crippen molar-refractivity contribution in [3.8, 4) is 0 Å². The van der Waals surface area contributed by atoms with E-state index in [1.165, 1.54) is 17.1 Å². The van der Waals surface area contributed by atoms with Crippen LogP contribution in [0.4, 0.5) is 29.3 Å². The minimum Gasteiger partial charge on any atom is -0.381 e. The largest absolute Gasteiger partial charge is 0.416 e. The van der Waals surface area contributed by atoms with E-state index < -0.39 is 34.0 Å². The summed E-state index contributed by atoms with van der Waals surface area (Å²) in [5, 5.41) is 6.33. The predicted molar refractivity (Wildman–Crippen MR) is 114 cm³/mol. The molecule has 180 valence electrons. The van der Waals surface area contributed by atoms with E-state index in [4.69, 9.17) is 4.74 Å². The lowest BCUT2D eigenvalue weighted by Gasteiger charge is -2.33. The highest BCUT2D eigenvalue weighted by molar-refractivity contribution is 7.91. The first-order valence-electron chi connectivity index (χ1n) is 10.5. The number of fused-ring (bicyclic) bond motifs is 1. The van der Waals surface area contributed by atoms with E-state index in [0.717, 1.165) is 16.4 Å². The van der Waals surface area contributed by atoms with Gasteiger partial charge in [0.15, 0.2) is 0 Å². The summed E-state index contributed by atoms with van der Waals surface area (Å²) in [6, 6.07) is 0.320. The number of nitrogens with one attached hydrogen (secondary N) is 2. The molecule has 1 aromatic heterocycles. The molecule has 0 atom stereocenters. The van der Waals surface area contributed by atoms with Gasteiger partial charge in [-0.25, -0.2) is 13.8 Å². The van der Waals surface area contributed by atoms with Crippen LogP contribution in [-0.4, -0.2) is 43.5 Å². The van der Waals surface area contributed by atoms with E-state index in [1.54, 1.807) is 7.05 Å². The van der Waals surface area contributed by atoms with E-state index >= 15 is 0 Å². The molecule has 1 aliphatic carbocycles. The highest BCUT2D eigenvalue weighted by Gasteiger charge is 2.35. The second kappa shape index (κ2) is 8.86. The quantitative estimate of drug-likeness (QED) is 0.675. The van der Waals surface area contributed by atoms with Crippen molar-refractivity contribution in [2.24, 2.45) is 7.05 Å². The molecule has 9 nitrogen and oxygen atoms in total. The zero-order valence-corrected chi connectivity index (χ0v) is 18.7. The van der Waals surface area contributed by atoms with Crippen LogP contribution in [0.2, 0.25) is 0 Å². The Morgan fingerprint density at radius 1 is 1.24 bits per heavy atom. The number of aryl methyl sites for hydroxylation is 2. The third-order valence-electron chi connectivity index (χ3n) is 5.74. The Morgan fingerprint density at radius 2 is 1.97 bits per heavy atom. The Hall–Kier alpha value is -2.80. The number of rotatable bonds is 5. The third-order valence-corrected chi connectivity index (χ3v) is 7.21. The fourth-order valence-electron chi connectivity index (χ4n) is 4.28. The molecule has 4 rings (SSSR count). The molecule has 2 aromatic rings. The van der Waals surface area contributed by atoms with Gasteiger partial charge in [0.25, 0.3) is 0 Å². The molecule has 0 saturated carbocycles. The maximum absolute atomic E-state index is 13.3. The second-order valence-electron chi connectivity index (χ2n) is 8.09. The van der Waals surface area contributed by atoms with E-state index in [1.807, 2.05) is 4.72 Å². The lowest BCUT2D eigenvalue weighted by molar-refractivity contribution is -0.137. The summed E-state index contributed by atoms with van der Waals surface area (Å²) >= 11 is 0. The highest BCUT2D eigenvalue weighted by atomic mass is 32.2. The van der Waals surface area contributed by atoms with E-state index in [0.29, 0.717) is 56.4 Å². The van der Waals surface area contributed by atoms with Gasteiger partial charge in [-0.1, -0.05) is 0 Å². The van der Waals surface area contributed by atoms with Crippen molar-refractivity contribution < 1.29 is 31.1 Å². The molecule has 2 amide bonds. The Kier molecular flexibility index (Phi) is 6.27. The van der Waals surface area contributed by atoms with Gasteiger partial charge in [0.05, 0.1) is 23.5 Å². The van der Waals surface area contributed by atoms with E-state index in [2.05, 4.69) is 10.4 Å². The third kappa shape index (κ3) is 5.08. The topological polar surface area (TPSA) is 106 Å². The fourth-order valence-corrected chi connectivity index (χ4v) is 5.64. The summed E-state index contributed by atoms with van der Waals surface area (Å²) < 4.78 is 76.1. The number of nitrogens with zero attached hydrogens (tertiary/aromatic N) is 3. The van der Waals surface area contributed by atoms with Crippen LogP contribution in [0.5, 0.6) is 0 Å². The van der Waals surface area contributed by atoms with Gasteiger partial charge in [-0.05, 0) is 55.4 Å². The summed E-state index contributed by atoms with van der Waals surface area (Å²) in [5.41, 5.74) is 0.431. The van der Waals surface area contributed by atoms with Crippen molar-refractivity contribution in [1.82, 2.24) is 14.5 Å². The standard InChI is InChI=1S/C20H24F3N5O4S/c1-27-12-16(11-24-27)28(15-5-7-32-8-6-15)33(30,31)26-19(29)25-18-10-14(20(21,22)23)9-13-3-2-4-17(13)18/h9-12,15H,2-8H2,1H3,(H2,25,26,29). The Labute approximate surface area is 189 Å². The lowest BCUT2D eigenvalue weighted by atomic mass is 10.0. The number of alkyl halides is 3. The molecule has 0 spiro atoms. The molecule has 1 fully saturated rings. The van der Waals surface area contributed by atoms with Crippen LogP contribution >= 0.6 is 0 Å². The number of hydrogen-bond donors (Lipinski definition) is 2. The summed E-state index contributed by atoms with van der Waals surface area (Å²) in [5.74, 6) is 0. The van der Waals surface area contributed by atoms with Gasteiger partial charge in [0, 0.05) is 32.1 Å². The summed E-state index contributed by atoms with van der Waals surface area (Å²) in [6.45, 7) is 0.721. The molecule has 0 unspecified atom stereocenters. The maximum atomic E-state index is 13.3. The number of hydrogen-bond acceptors (Lipinski definition) is 5. The Morgan fingerprint density at radius 3 is 2.61 bits per heavy atom.